The topological polar surface area (TPSA) is 78.9 Å². The van der Waals surface area contributed by atoms with Gasteiger partial charge in [0.25, 0.3) is 0 Å². The van der Waals surface area contributed by atoms with E-state index >= 15 is 0 Å². The Morgan fingerprint density at radius 2 is 0.513 bits per heavy atom. The number of allylic oxidation sites excluding steroid dienone is 16. The maximum absolute atomic E-state index is 12.9. The fraction of sp³-hybridized carbons (Fsp3) is 0.729. The fourth-order valence-corrected chi connectivity index (χ4v) is 9.01. The molecule has 0 fully saturated rings. The number of hydrogen-bond acceptors (Lipinski definition) is 6. The lowest BCUT2D eigenvalue weighted by molar-refractivity contribution is -0.167. The van der Waals surface area contributed by atoms with Crippen LogP contribution >= 0.6 is 0 Å². The molecule has 0 aromatic rings. The summed E-state index contributed by atoms with van der Waals surface area (Å²) in [5, 5.41) is 0. The molecule has 6 heteroatoms. The molecule has 0 heterocycles. The highest BCUT2D eigenvalue weighted by Gasteiger charge is 2.19. The molecule has 0 rings (SSSR count). The van der Waals surface area contributed by atoms with Gasteiger partial charge >= 0.3 is 17.9 Å². The molecule has 436 valence electrons. The Morgan fingerprint density at radius 3 is 0.816 bits per heavy atom. The highest BCUT2D eigenvalue weighted by molar-refractivity contribution is 5.71. The van der Waals surface area contributed by atoms with Gasteiger partial charge < -0.3 is 14.2 Å². The molecule has 0 N–H and O–H groups in total. The number of rotatable bonds is 58. The van der Waals surface area contributed by atoms with Crippen molar-refractivity contribution in [3.63, 3.8) is 0 Å². The first-order valence-electron chi connectivity index (χ1n) is 32.2. The predicted octanol–water partition coefficient (Wildman–Crippen LogP) is 22.0. The summed E-state index contributed by atoms with van der Waals surface area (Å²) in [7, 11) is 0. The normalized spacial score (nSPS) is 12.7. The summed E-state index contributed by atoms with van der Waals surface area (Å²) in [6.07, 6.45) is 85.5. The molecule has 0 aliphatic heterocycles. The van der Waals surface area contributed by atoms with E-state index in [0.717, 1.165) is 122 Å². The second kappa shape index (κ2) is 63.9. The van der Waals surface area contributed by atoms with E-state index in [1.165, 1.54) is 148 Å². The molecule has 76 heavy (non-hydrogen) atoms. The van der Waals surface area contributed by atoms with E-state index in [1.807, 2.05) is 0 Å². The maximum atomic E-state index is 12.9. The standard InChI is InChI=1S/C70H120O6/c1-4-7-10-13-16-19-22-25-28-29-30-31-32-33-34-35-36-37-38-39-40-41-43-45-48-51-54-57-60-63-69(72)75-66-67(65-74-68(71)62-59-56-53-50-47-44-27-24-21-18-15-12-9-6-3)76-70(73)64-61-58-55-52-49-46-42-26-23-20-17-14-11-8-5-2/h7,10,16,19,25-26,28,30-31,33-34,36-37,39-40,42,67H,4-6,8-9,11-15,17-18,20-24,27,29,32,35,38,41,43-66H2,1-3H3/b10-7-,19-16-,28-25-,31-30-,34-33-,37-36-,40-39-,42-26-. The maximum Gasteiger partial charge on any atom is 0.306 e. The van der Waals surface area contributed by atoms with E-state index in [2.05, 4.69) is 118 Å². The molecule has 0 amide bonds. The van der Waals surface area contributed by atoms with Crippen molar-refractivity contribution < 1.29 is 28.6 Å². The Kier molecular flexibility index (Phi) is 60.8. The molecule has 0 aliphatic rings. The van der Waals surface area contributed by atoms with Gasteiger partial charge in [-0.3, -0.25) is 14.4 Å². The van der Waals surface area contributed by atoms with Crippen molar-refractivity contribution in [3.8, 4) is 0 Å². The number of unbranched alkanes of at least 4 members (excludes halogenated alkanes) is 31. The molecule has 0 radical (unpaired) electrons. The van der Waals surface area contributed by atoms with E-state index in [-0.39, 0.29) is 31.1 Å². The third-order valence-corrected chi connectivity index (χ3v) is 13.8. The Balaban J connectivity index is 4.32. The Morgan fingerprint density at radius 1 is 0.276 bits per heavy atom. The van der Waals surface area contributed by atoms with Crippen LogP contribution in [0.1, 0.15) is 310 Å². The second-order valence-corrected chi connectivity index (χ2v) is 21.3. The van der Waals surface area contributed by atoms with Gasteiger partial charge in [-0.2, -0.15) is 0 Å². The van der Waals surface area contributed by atoms with Crippen LogP contribution in [0.25, 0.3) is 0 Å². The minimum Gasteiger partial charge on any atom is -0.462 e. The van der Waals surface area contributed by atoms with Crippen molar-refractivity contribution in [2.75, 3.05) is 13.2 Å². The summed E-state index contributed by atoms with van der Waals surface area (Å²) in [4.78, 5) is 38.3. The SMILES string of the molecule is CC/C=C\C/C=C\C/C=C\C/C=C\C/C=C\C/C=C\C/C=C\CCCCCCCCCC(=O)OCC(COC(=O)CCCCCCCCCCCCCCCC)OC(=O)CCCCCCC/C=C\CCCCCCCC. The van der Waals surface area contributed by atoms with Crippen LogP contribution < -0.4 is 0 Å². The summed E-state index contributed by atoms with van der Waals surface area (Å²) >= 11 is 0. The minimum absolute atomic E-state index is 0.0813. The smallest absolute Gasteiger partial charge is 0.306 e. The number of ether oxygens (including phenoxy) is 3. The lowest BCUT2D eigenvalue weighted by Gasteiger charge is -2.18. The number of hydrogen-bond donors (Lipinski definition) is 0. The van der Waals surface area contributed by atoms with Gasteiger partial charge in [0.15, 0.2) is 6.10 Å². The van der Waals surface area contributed by atoms with E-state index < -0.39 is 6.10 Å². The zero-order chi connectivity index (χ0) is 55.0. The molecule has 0 spiro atoms. The van der Waals surface area contributed by atoms with Crippen LogP contribution in [0.5, 0.6) is 0 Å². The summed E-state index contributed by atoms with van der Waals surface area (Å²) in [6.45, 7) is 6.53. The minimum atomic E-state index is -0.786. The number of esters is 3. The average Bonchev–Trinajstić information content (AvgIpc) is 3.42. The molecule has 0 saturated heterocycles. The molecule has 0 saturated carbocycles. The van der Waals surface area contributed by atoms with Gasteiger partial charge in [-0.25, -0.2) is 0 Å². The van der Waals surface area contributed by atoms with Crippen LogP contribution in [0, 0.1) is 0 Å². The molecule has 1 unspecified atom stereocenters. The molecule has 0 aromatic carbocycles. The van der Waals surface area contributed by atoms with Crippen molar-refractivity contribution in [1.29, 1.82) is 0 Å². The first-order valence-corrected chi connectivity index (χ1v) is 32.2. The van der Waals surface area contributed by atoms with Gasteiger partial charge in [0.05, 0.1) is 0 Å². The average molecular weight is 1060 g/mol. The van der Waals surface area contributed by atoms with Crippen LogP contribution in [-0.2, 0) is 28.6 Å². The first-order chi connectivity index (χ1) is 37.5. The second-order valence-electron chi connectivity index (χ2n) is 21.3. The molecular formula is C70H120O6. The first kappa shape index (κ1) is 72.3. The monoisotopic (exact) mass is 1060 g/mol. The third kappa shape index (κ3) is 61.2. The summed E-state index contributed by atoms with van der Waals surface area (Å²) in [6, 6.07) is 0. The lowest BCUT2D eigenvalue weighted by atomic mass is 10.0. The zero-order valence-electron chi connectivity index (χ0n) is 50.0. The Bertz CT molecular complexity index is 1490. The highest BCUT2D eigenvalue weighted by Crippen LogP contribution is 2.16. The van der Waals surface area contributed by atoms with Crippen molar-refractivity contribution in [1.82, 2.24) is 0 Å². The molecule has 6 nitrogen and oxygen atoms in total. The van der Waals surface area contributed by atoms with E-state index in [0.29, 0.717) is 19.3 Å². The van der Waals surface area contributed by atoms with Crippen molar-refractivity contribution >= 4 is 17.9 Å². The Labute approximate surface area is 470 Å². The van der Waals surface area contributed by atoms with Gasteiger partial charge in [0.2, 0.25) is 0 Å². The predicted molar refractivity (Wildman–Crippen MR) is 330 cm³/mol. The van der Waals surface area contributed by atoms with Crippen LogP contribution in [0.3, 0.4) is 0 Å². The molecule has 0 aromatic heterocycles. The third-order valence-electron chi connectivity index (χ3n) is 13.8. The molecule has 0 bridgehead atoms. The Hall–Kier alpha value is -3.67. The van der Waals surface area contributed by atoms with Crippen molar-refractivity contribution in [2.24, 2.45) is 0 Å². The molecular weight excluding hydrogens is 937 g/mol. The summed E-state index contributed by atoms with van der Waals surface area (Å²) < 4.78 is 16.9. The van der Waals surface area contributed by atoms with Crippen LogP contribution in [0.4, 0.5) is 0 Å². The van der Waals surface area contributed by atoms with Crippen molar-refractivity contribution in [2.45, 2.75) is 316 Å². The summed E-state index contributed by atoms with van der Waals surface area (Å²) in [5.41, 5.74) is 0. The van der Waals surface area contributed by atoms with Gasteiger partial charge in [0, 0.05) is 19.3 Å². The largest absolute Gasteiger partial charge is 0.462 e. The quantitative estimate of drug-likeness (QED) is 0.0261. The van der Waals surface area contributed by atoms with Crippen LogP contribution in [0.15, 0.2) is 97.2 Å². The van der Waals surface area contributed by atoms with Gasteiger partial charge in [0.1, 0.15) is 13.2 Å². The summed E-state index contributed by atoms with van der Waals surface area (Å²) in [5.74, 6) is -0.890. The van der Waals surface area contributed by atoms with E-state index in [4.69, 9.17) is 14.2 Å². The van der Waals surface area contributed by atoms with Crippen LogP contribution in [-0.4, -0.2) is 37.2 Å². The van der Waals surface area contributed by atoms with E-state index in [1.54, 1.807) is 0 Å². The highest BCUT2D eigenvalue weighted by atomic mass is 16.6. The molecule has 0 aliphatic carbocycles. The lowest BCUT2D eigenvalue weighted by Crippen LogP contribution is -2.30. The number of carbonyl (C=O) groups is 3. The van der Waals surface area contributed by atoms with Gasteiger partial charge in [-0.15, -0.1) is 0 Å². The fourth-order valence-electron chi connectivity index (χ4n) is 9.01. The van der Waals surface area contributed by atoms with Crippen molar-refractivity contribution in [3.05, 3.63) is 97.2 Å². The number of carbonyl (C=O) groups excluding carboxylic acids is 3. The van der Waals surface area contributed by atoms with Gasteiger partial charge in [-0.1, -0.05) is 285 Å². The zero-order valence-corrected chi connectivity index (χ0v) is 50.0. The van der Waals surface area contributed by atoms with Crippen LogP contribution in [0.2, 0.25) is 0 Å². The van der Waals surface area contributed by atoms with E-state index in [9.17, 15) is 14.4 Å². The molecule has 1 atom stereocenters. The van der Waals surface area contributed by atoms with Gasteiger partial charge in [-0.05, 0) is 103 Å².